The van der Waals surface area contributed by atoms with Crippen LogP contribution in [0, 0.1) is 0 Å². The second kappa shape index (κ2) is 10.6. The molecule has 172 valence electrons. The van der Waals surface area contributed by atoms with E-state index in [1.807, 2.05) is 18.2 Å². The van der Waals surface area contributed by atoms with Gasteiger partial charge in [0.25, 0.3) is 11.8 Å². The Hall–Kier alpha value is -3.85. The monoisotopic (exact) mass is 450 g/mol. The number of nitrogens with zero attached hydrogens (tertiary/aromatic N) is 3. The van der Waals surface area contributed by atoms with Crippen LogP contribution in [0.1, 0.15) is 15.9 Å². The molecule has 0 aliphatic carbocycles. The number of rotatable bonds is 8. The predicted molar refractivity (Wildman–Crippen MR) is 122 cm³/mol. The van der Waals surface area contributed by atoms with Gasteiger partial charge in [0.05, 0.1) is 27.4 Å². The first-order valence-corrected chi connectivity index (χ1v) is 10.6. The van der Waals surface area contributed by atoms with Crippen molar-refractivity contribution in [2.24, 2.45) is 0 Å². The summed E-state index contributed by atoms with van der Waals surface area (Å²) in [5.41, 5.74) is 1.43. The second-order valence-electron chi connectivity index (χ2n) is 7.28. The molecule has 0 spiro atoms. The number of hydrogen-bond acceptors (Lipinski definition) is 8. The van der Waals surface area contributed by atoms with Crippen molar-refractivity contribution in [2.45, 2.75) is 6.54 Å². The number of methoxy groups -OCH3 is 2. The molecule has 1 aliphatic rings. The third-order valence-corrected chi connectivity index (χ3v) is 5.19. The molecule has 2 heterocycles. The van der Waals surface area contributed by atoms with Crippen molar-refractivity contribution in [1.82, 2.24) is 15.3 Å². The highest BCUT2D eigenvalue weighted by Crippen LogP contribution is 2.29. The van der Waals surface area contributed by atoms with Crippen molar-refractivity contribution in [3.63, 3.8) is 0 Å². The van der Waals surface area contributed by atoms with Crippen LogP contribution >= 0.6 is 0 Å². The van der Waals surface area contributed by atoms with Gasteiger partial charge in [-0.25, -0.2) is 9.97 Å². The first-order chi connectivity index (χ1) is 16.2. The molecule has 33 heavy (non-hydrogen) atoms. The van der Waals surface area contributed by atoms with Crippen LogP contribution in [0.15, 0.2) is 54.9 Å². The zero-order chi connectivity index (χ0) is 23.0. The molecule has 1 N–H and O–H groups in total. The largest absolute Gasteiger partial charge is 0.493 e. The molecule has 1 aromatic heterocycles. The van der Waals surface area contributed by atoms with Gasteiger partial charge in [0.1, 0.15) is 5.75 Å². The maximum Gasteiger partial charge on any atom is 0.263 e. The molecule has 1 fully saturated rings. The zero-order valence-electron chi connectivity index (χ0n) is 18.6. The molecule has 0 bridgehead atoms. The van der Waals surface area contributed by atoms with E-state index in [2.05, 4.69) is 20.2 Å². The van der Waals surface area contributed by atoms with E-state index in [0.29, 0.717) is 54.3 Å². The topological polar surface area (TPSA) is 95.0 Å². The van der Waals surface area contributed by atoms with E-state index in [9.17, 15) is 4.79 Å². The maximum absolute atomic E-state index is 12.6. The van der Waals surface area contributed by atoms with Gasteiger partial charge in [0, 0.05) is 37.6 Å². The lowest BCUT2D eigenvalue weighted by molar-refractivity contribution is 0.0951. The van der Waals surface area contributed by atoms with Gasteiger partial charge in [-0.05, 0) is 42.0 Å². The molecule has 0 radical (unpaired) electrons. The van der Waals surface area contributed by atoms with Crippen molar-refractivity contribution in [3.8, 4) is 23.1 Å². The molecular weight excluding hydrogens is 424 g/mol. The summed E-state index contributed by atoms with van der Waals surface area (Å²) >= 11 is 0. The Balaban J connectivity index is 1.38. The summed E-state index contributed by atoms with van der Waals surface area (Å²) in [6.45, 7) is 3.11. The lowest BCUT2D eigenvalue weighted by atomic mass is 10.1. The summed E-state index contributed by atoms with van der Waals surface area (Å²) in [6, 6.07) is 12.4. The zero-order valence-corrected chi connectivity index (χ0v) is 18.6. The molecule has 0 saturated carbocycles. The van der Waals surface area contributed by atoms with Crippen LogP contribution in [-0.4, -0.2) is 56.4 Å². The van der Waals surface area contributed by atoms with Crippen LogP contribution in [0.4, 0.5) is 5.82 Å². The van der Waals surface area contributed by atoms with Gasteiger partial charge in [-0.3, -0.25) is 4.79 Å². The van der Waals surface area contributed by atoms with E-state index in [1.54, 1.807) is 50.9 Å². The number of benzene rings is 2. The summed E-state index contributed by atoms with van der Waals surface area (Å²) < 4.78 is 21.9. The molecule has 1 saturated heterocycles. The minimum absolute atomic E-state index is 0.190. The van der Waals surface area contributed by atoms with Crippen LogP contribution in [0.25, 0.3) is 0 Å². The number of aromatic nitrogens is 2. The molecule has 9 heteroatoms. The molecule has 0 unspecified atom stereocenters. The van der Waals surface area contributed by atoms with E-state index < -0.39 is 0 Å². The third kappa shape index (κ3) is 5.50. The first-order valence-electron chi connectivity index (χ1n) is 10.6. The molecule has 9 nitrogen and oxygen atoms in total. The maximum atomic E-state index is 12.6. The Kier molecular flexibility index (Phi) is 7.21. The van der Waals surface area contributed by atoms with Crippen molar-refractivity contribution >= 4 is 11.7 Å². The SMILES string of the molecule is COc1ccc(CNC(=O)c2ccc(Oc3nccnc3N3CCOCC3)cc2)cc1OC. The predicted octanol–water partition coefficient (Wildman–Crippen LogP) is 3.05. The van der Waals surface area contributed by atoms with Crippen LogP contribution in [0.5, 0.6) is 23.1 Å². The third-order valence-electron chi connectivity index (χ3n) is 5.19. The summed E-state index contributed by atoms with van der Waals surface area (Å²) in [5, 5.41) is 2.91. The number of nitrogens with one attached hydrogen (secondary N) is 1. The van der Waals surface area contributed by atoms with Crippen LogP contribution in [0.2, 0.25) is 0 Å². The van der Waals surface area contributed by atoms with E-state index in [-0.39, 0.29) is 5.91 Å². The van der Waals surface area contributed by atoms with Gasteiger partial charge >= 0.3 is 0 Å². The highest BCUT2D eigenvalue weighted by Gasteiger charge is 2.18. The van der Waals surface area contributed by atoms with Gasteiger partial charge in [0.2, 0.25) is 0 Å². The van der Waals surface area contributed by atoms with Crippen molar-refractivity contribution in [1.29, 1.82) is 0 Å². The van der Waals surface area contributed by atoms with E-state index in [1.165, 1.54) is 0 Å². The average molecular weight is 450 g/mol. The van der Waals surface area contributed by atoms with Gasteiger partial charge in [0.15, 0.2) is 17.3 Å². The first kappa shape index (κ1) is 22.3. The Bertz CT molecular complexity index is 1080. The van der Waals surface area contributed by atoms with Crippen LogP contribution in [-0.2, 0) is 11.3 Å². The van der Waals surface area contributed by atoms with Crippen LogP contribution in [0.3, 0.4) is 0 Å². The van der Waals surface area contributed by atoms with E-state index in [0.717, 1.165) is 18.7 Å². The Morgan fingerprint density at radius 2 is 1.73 bits per heavy atom. The molecule has 2 aromatic carbocycles. The number of hydrogen-bond donors (Lipinski definition) is 1. The average Bonchev–Trinajstić information content (AvgIpc) is 2.88. The standard InChI is InChI=1S/C24H26N4O5/c1-30-20-8-3-17(15-21(20)31-2)16-27-23(29)18-4-6-19(7-5-18)33-24-22(25-9-10-26-24)28-11-13-32-14-12-28/h3-10,15H,11-14,16H2,1-2H3,(H,27,29). The van der Waals surface area contributed by atoms with Crippen molar-refractivity contribution in [2.75, 3.05) is 45.4 Å². The van der Waals surface area contributed by atoms with Gasteiger partial charge in [-0.2, -0.15) is 0 Å². The second-order valence-corrected chi connectivity index (χ2v) is 7.28. The summed E-state index contributed by atoms with van der Waals surface area (Å²) in [4.78, 5) is 23.4. The molecule has 0 atom stereocenters. The Morgan fingerprint density at radius 3 is 2.45 bits per heavy atom. The fourth-order valence-corrected chi connectivity index (χ4v) is 3.44. The van der Waals surface area contributed by atoms with Crippen molar-refractivity contribution < 1.29 is 23.7 Å². The van der Waals surface area contributed by atoms with E-state index in [4.69, 9.17) is 18.9 Å². The quantitative estimate of drug-likeness (QED) is 0.560. The highest BCUT2D eigenvalue weighted by atomic mass is 16.5. The number of ether oxygens (including phenoxy) is 4. The van der Waals surface area contributed by atoms with Gasteiger partial charge in [-0.1, -0.05) is 6.07 Å². The van der Waals surface area contributed by atoms with Gasteiger partial charge < -0.3 is 29.2 Å². The van der Waals surface area contributed by atoms with Gasteiger partial charge in [-0.15, -0.1) is 0 Å². The molecule has 3 aromatic rings. The summed E-state index contributed by atoms with van der Waals surface area (Å²) in [7, 11) is 3.16. The van der Waals surface area contributed by atoms with Crippen molar-refractivity contribution in [3.05, 3.63) is 66.0 Å². The normalized spacial score (nSPS) is 13.3. The molecule has 4 rings (SSSR count). The number of anilines is 1. The number of carbonyl (C=O) groups excluding carboxylic acids is 1. The fraction of sp³-hybridized carbons (Fsp3) is 0.292. The minimum atomic E-state index is -0.190. The highest BCUT2D eigenvalue weighted by molar-refractivity contribution is 5.94. The molecular formula is C24H26N4O5. The molecule has 1 amide bonds. The number of morpholine rings is 1. The smallest absolute Gasteiger partial charge is 0.263 e. The number of amides is 1. The summed E-state index contributed by atoms with van der Waals surface area (Å²) in [6.07, 6.45) is 3.23. The van der Waals surface area contributed by atoms with E-state index >= 15 is 0 Å². The van der Waals surface area contributed by atoms with Crippen LogP contribution < -0.4 is 24.4 Å². The Labute approximate surface area is 192 Å². The lowest BCUT2D eigenvalue weighted by Gasteiger charge is -2.28. The molecule has 1 aliphatic heterocycles. The number of carbonyl (C=O) groups is 1. The minimum Gasteiger partial charge on any atom is -0.493 e. The fourth-order valence-electron chi connectivity index (χ4n) is 3.44. The lowest BCUT2D eigenvalue weighted by Crippen LogP contribution is -2.37. The summed E-state index contributed by atoms with van der Waals surface area (Å²) in [5.74, 6) is 2.74. The Morgan fingerprint density at radius 1 is 1.00 bits per heavy atom.